The normalized spacial score (nSPS) is 15.1. The Kier molecular flexibility index (Phi) is 2.75. The lowest BCUT2D eigenvalue weighted by Crippen LogP contribution is -2.04. The van der Waals surface area contributed by atoms with Crippen molar-refractivity contribution >= 4 is 0 Å². The molecule has 0 atom stereocenters. The van der Waals surface area contributed by atoms with Crippen LogP contribution in [0.15, 0.2) is 24.3 Å². The summed E-state index contributed by atoms with van der Waals surface area (Å²) in [7, 11) is 0. The first-order valence-electron chi connectivity index (χ1n) is 4.74. The van der Waals surface area contributed by atoms with Crippen LogP contribution in [0.4, 0.5) is 0 Å². The summed E-state index contributed by atoms with van der Waals surface area (Å²) in [6, 6.07) is 6.98. The average Bonchev–Trinajstić information content (AvgIpc) is 2.29. The zero-order valence-corrected chi connectivity index (χ0v) is 8.43. The molecule has 1 aliphatic rings. The van der Waals surface area contributed by atoms with Gasteiger partial charge in [0, 0.05) is 12.1 Å². The van der Waals surface area contributed by atoms with Gasteiger partial charge in [-0.05, 0) is 12.2 Å². The van der Waals surface area contributed by atoms with Gasteiger partial charge in [-0.1, -0.05) is 0 Å². The van der Waals surface area contributed by atoms with Crippen LogP contribution in [-0.2, 0) is 0 Å². The smallest absolute Gasteiger partial charge is 0.163 e. The molecule has 0 amide bonds. The third-order valence-electron chi connectivity index (χ3n) is 2.16. The van der Waals surface area contributed by atoms with E-state index in [0.29, 0.717) is 35.8 Å². The highest BCUT2D eigenvalue weighted by molar-refractivity contribution is 5.56. The third kappa shape index (κ3) is 1.82. The Morgan fingerprint density at radius 3 is 1.69 bits per heavy atom. The van der Waals surface area contributed by atoms with Crippen LogP contribution in [0.25, 0.3) is 0 Å². The average molecular weight is 212 g/mol. The Hall–Kier alpha value is -2.46. The van der Waals surface area contributed by atoms with Gasteiger partial charge in [-0.25, -0.2) is 0 Å². The molecule has 0 spiro atoms. The molecule has 0 aromatic heterocycles. The molecule has 1 aliphatic heterocycles. The van der Waals surface area contributed by atoms with Crippen molar-refractivity contribution in [3.63, 3.8) is 0 Å². The van der Waals surface area contributed by atoms with Crippen LogP contribution in [0.5, 0.6) is 11.5 Å². The van der Waals surface area contributed by atoms with Crippen molar-refractivity contribution in [2.75, 3.05) is 13.2 Å². The van der Waals surface area contributed by atoms with Crippen LogP contribution < -0.4 is 9.47 Å². The van der Waals surface area contributed by atoms with E-state index in [1.54, 1.807) is 0 Å². The Labute approximate surface area is 92.9 Å². The largest absolute Gasteiger partial charge is 0.486 e. The highest BCUT2D eigenvalue weighted by Gasteiger charge is 2.12. The van der Waals surface area contributed by atoms with Crippen LogP contribution in [0.1, 0.15) is 11.1 Å². The molecule has 4 nitrogen and oxygen atoms in total. The summed E-state index contributed by atoms with van der Waals surface area (Å²) in [5.41, 5.74) is 0.601. The standard InChI is InChI=1S/C12H8N2O2/c13-7-9-5-11-12(6-10(9)8-14)16-4-2-1-3-15-11/h1-2,5-6H,3-4H2/b2-1-. The van der Waals surface area contributed by atoms with Gasteiger partial charge in [0.25, 0.3) is 0 Å². The summed E-state index contributed by atoms with van der Waals surface area (Å²) in [5.74, 6) is 1.000. The highest BCUT2D eigenvalue weighted by Crippen LogP contribution is 2.31. The van der Waals surface area contributed by atoms with Crippen molar-refractivity contribution in [3.8, 4) is 23.6 Å². The molecule has 0 aliphatic carbocycles. The number of hydrogen-bond acceptors (Lipinski definition) is 4. The molecule has 16 heavy (non-hydrogen) atoms. The molecule has 0 unspecified atom stereocenters. The maximum Gasteiger partial charge on any atom is 0.163 e. The van der Waals surface area contributed by atoms with Crippen molar-refractivity contribution in [1.82, 2.24) is 0 Å². The van der Waals surface area contributed by atoms with Gasteiger partial charge in [0.05, 0.1) is 11.1 Å². The van der Waals surface area contributed by atoms with Gasteiger partial charge in [-0.15, -0.1) is 0 Å². The van der Waals surface area contributed by atoms with Gasteiger partial charge >= 0.3 is 0 Å². The molecule has 78 valence electrons. The van der Waals surface area contributed by atoms with Crippen molar-refractivity contribution in [2.45, 2.75) is 0 Å². The van der Waals surface area contributed by atoms with E-state index in [4.69, 9.17) is 20.0 Å². The third-order valence-corrected chi connectivity index (χ3v) is 2.16. The number of hydrogen-bond donors (Lipinski definition) is 0. The zero-order chi connectivity index (χ0) is 11.4. The van der Waals surface area contributed by atoms with Crippen LogP contribution >= 0.6 is 0 Å². The monoisotopic (exact) mass is 212 g/mol. The highest BCUT2D eigenvalue weighted by atomic mass is 16.5. The summed E-state index contributed by atoms with van der Waals surface area (Å²) in [4.78, 5) is 0. The number of ether oxygens (including phenoxy) is 2. The molecule has 0 radical (unpaired) electrons. The van der Waals surface area contributed by atoms with E-state index in [9.17, 15) is 0 Å². The molecule has 0 fully saturated rings. The lowest BCUT2D eigenvalue weighted by molar-refractivity contribution is 0.296. The maximum absolute atomic E-state index is 8.87. The molecule has 1 aromatic rings. The predicted molar refractivity (Wildman–Crippen MR) is 56.0 cm³/mol. The van der Waals surface area contributed by atoms with E-state index in [1.807, 2.05) is 24.3 Å². The molecular weight excluding hydrogens is 204 g/mol. The number of nitriles is 2. The van der Waals surface area contributed by atoms with Gasteiger partial charge in [0.2, 0.25) is 0 Å². The van der Waals surface area contributed by atoms with E-state index in [-0.39, 0.29) is 0 Å². The van der Waals surface area contributed by atoms with E-state index in [2.05, 4.69) is 0 Å². The molecule has 1 heterocycles. The van der Waals surface area contributed by atoms with Crippen molar-refractivity contribution in [3.05, 3.63) is 35.4 Å². The maximum atomic E-state index is 8.87. The Balaban J connectivity index is 2.49. The van der Waals surface area contributed by atoms with E-state index < -0.39 is 0 Å². The van der Waals surface area contributed by atoms with Crippen LogP contribution in [0.3, 0.4) is 0 Å². The summed E-state index contributed by atoms with van der Waals surface area (Å²) in [6.45, 7) is 0.875. The Morgan fingerprint density at radius 1 is 0.875 bits per heavy atom. The van der Waals surface area contributed by atoms with Crippen LogP contribution in [-0.4, -0.2) is 13.2 Å². The number of nitrogens with zero attached hydrogens (tertiary/aromatic N) is 2. The fraction of sp³-hybridized carbons (Fsp3) is 0.167. The Morgan fingerprint density at radius 2 is 1.31 bits per heavy atom. The summed E-state index contributed by atoms with van der Waals surface area (Å²) in [5, 5.41) is 17.7. The SMILES string of the molecule is N#Cc1cc2c(cc1C#N)OC/C=C\CO2. The molecule has 0 bridgehead atoms. The second kappa shape index (κ2) is 4.37. The van der Waals surface area contributed by atoms with Gasteiger partial charge in [-0.3, -0.25) is 0 Å². The topological polar surface area (TPSA) is 66.0 Å². The Bertz CT molecular complexity index is 474. The first kappa shape index (κ1) is 10.1. The predicted octanol–water partition coefficient (Wildman–Crippen LogP) is 1.76. The lowest BCUT2D eigenvalue weighted by Gasteiger charge is -2.13. The molecule has 2 rings (SSSR count). The zero-order valence-electron chi connectivity index (χ0n) is 8.43. The molecule has 0 N–H and O–H groups in total. The van der Waals surface area contributed by atoms with Gasteiger partial charge in [-0.2, -0.15) is 10.5 Å². The van der Waals surface area contributed by atoms with E-state index >= 15 is 0 Å². The van der Waals surface area contributed by atoms with Crippen molar-refractivity contribution < 1.29 is 9.47 Å². The number of rotatable bonds is 0. The van der Waals surface area contributed by atoms with Gasteiger partial charge in [0.15, 0.2) is 11.5 Å². The first-order chi connectivity index (χ1) is 7.85. The fourth-order valence-corrected chi connectivity index (χ4v) is 1.38. The molecule has 0 saturated heterocycles. The lowest BCUT2D eigenvalue weighted by atomic mass is 10.1. The minimum Gasteiger partial charge on any atom is -0.486 e. The second-order valence-electron chi connectivity index (χ2n) is 3.16. The minimum atomic E-state index is 0.300. The summed E-state index contributed by atoms with van der Waals surface area (Å²) >= 11 is 0. The number of benzene rings is 1. The second-order valence-corrected chi connectivity index (χ2v) is 3.16. The first-order valence-corrected chi connectivity index (χ1v) is 4.74. The van der Waals surface area contributed by atoms with Crippen molar-refractivity contribution in [1.29, 1.82) is 10.5 Å². The molecule has 1 aromatic carbocycles. The molecular formula is C12H8N2O2. The van der Waals surface area contributed by atoms with Gasteiger partial charge < -0.3 is 9.47 Å². The summed E-state index contributed by atoms with van der Waals surface area (Å²) in [6.07, 6.45) is 3.68. The number of fused-ring (bicyclic) bond motifs is 1. The van der Waals surface area contributed by atoms with Crippen LogP contribution in [0.2, 0.25) is 0 Å². The molecule has 0 saturated carbocycles. The quantitative estimate of drug-likeness (QED) is 0.614. The van der Waals surface area contributed by atoms with E-state index in [1.165, 1.54) is 12.1 Å². The van der Waals surface area contributed by atoms with Crippen LogP contribution in [0, 0.1) is 22.7 Å². The minimum absolute atomic E-state index is 0.300. The van der Waals surface area contributed by atoms with Gasteiger partial charge in [0.1, 0.15) is 25.4 Å². The van der Waals surface area contributed by atoms with Crippen molar-refractivity contribution in [2.24, 2.45) is 0 Å². The fourth-order valence-electron chi connectivity index (χ4n) is 1.38. The van der Waals surface area contributed by atoms with E-state index in [0.717, 1.165) is 0 Å². The summed E-state index contributed by atoms with van der Waals surface area (Å²) < 4.78 is 10.8. The molecule has 4 heteroatoms.